The van der Waals surface area contributed by atoms with Crippen molar-refractivity contribution in [3.8, 4) is 0 Å². The number of aryl methyl sites for hydroxylation is 1. The maximum absolute atomic E-state index is 11.8. The standard InChI is InChI=1S/C16H21NO3S/c1-12-3-5-13(6-4-12)21-10-7-14(18)17-11-16(15(19)20)8-2-9-16/h3-6H,2,7-11H2,1H3,(H,17,18)(H,19,20). The molecule has 0 bridgehead atoms. The minimum Gasteiger partial charge on any atom is -0.481 e. The van der Waals surface area contributed by atoms with Gasteiger partial charge in [0.1, 0.15) is 0 Å². The van der Waals surface area contributed by atoms with Gasteiger partial charge in [-0.05, 0) is 31.9 Å². The summed E-state index contributed by atoms with van der Waals surface area (Å²) in [6.07, 6.45) is 2.68. The van der Waals surface area contributed by atoms with Crippen molar-refractivity contribution >= 4 is 23.6 Å². The molecule has 21 heavy (non-hydrogen) atoms. The molecule has 1 aliphatic rings. The molecule has 4 nitrogen and oxygen atoms in total. The number of rotatable bonds is 7. The van der Waals surface area contributed by atoms with Crippen LogP contribution >= 0.6 is 11.8 Å². The molecule has 0 aromatic heterocycles. The second kappa shape index (κ2) is 6.98. The summed E-state index contributed by atoms with van der Waals surface area (Å²) in [4.78, 5) is 24.1. The molecule has 1 aromatic rings. The van der Waals surface area contributed by atoms with Gasteiger partial charge in [-0.15, -0.1) is 11.8 Å². The highest BCUT2D eigenvalue weighted by atomic mass is 32.2. The third-order valence-corrected chi connectivity index (χ3v) is 5.02. The molecular weight excluding hydrogens is 286 g/mol. The Morgan fingerprint density at radius 3 is 2.48 bits per heavy atom. The van der Waals surface area contributed by atoms with Gasteiger partial charge in [0.2, 0.25) is 5.91 Å². The molecule has 0 unspecified atom stereocenters. The van der Waals surface area contributed by atoms with Crippen LogP contribution in [0.25, 0.3) is 0 Å². The predicted molar refractivity (Wildman–Crippen MR) is 83.4 cm³/mol. The van der Waals surface area contributed by atoms with E-state index in [0.717, 1.165) is 11.3 Å². The van der Waals surface area contributed by atoms with Gasteiger partial charge < -0.3 is 10.4 Å². The van der Waals surface area contributed by atoms with Crippen LogP contribution in [0.5, 0.6) is 0 Å². The molecule has 2 N–H and O–H groups in total. The highest BCUT2D eigenvalue weighted by molar-refractivity contribution is 7.99. The molecule has 5 heteroatoms. The number of amides is 1. The van der Waals surface area contributed by atoms with Gasteiger partial charge in [0, 0.05) is 23.6 Å². The number of carboxylic acids is 1. The second-order valence-corrected chi connectivity index (χ2v) is 6.80. The van der Waals surface area contributed by atoms with Crippen LogP contribution < -0.4 is 5.32 Å². The van der Waals surface area contributed by atoms with E-state index in [2.05, 4.69) is 17.4 Å². The Morgan fingerprint density at radius 1 is 1.29 bits per heavy atom. The first-order valence-corrected chi connectivity index (χ1v) is 8.20. The van der Waals surface area contributed by atoms with Gasteiger partial charge in [-0.25, -0.2) is 0 Å². The van der Waals surface area contributed by atoms with Crippen molar-refractivity contribution in [2.75, 3.05) is 12.3 Å². The quantitative estimate of drug-likeness (QED) is 0.760. The van der Waals surface area contributed by atoms with E-state index in [9.17, 15) is 14.7 Å². The van der Waals surface area contributed by atoms with E-state index in [1.807, 2.05) is 19.1 Å². The Hall–Kier alpha value is -1.49. The fourth-order valence-corrected chi connectivity index (χ4v) is 3.17. The van der Waals surface area contributed by atoms with Crippen LogP contribution in [0.1, 0.15) is 31.2 Å². The molecule has 0 atom stereocenters. The van der Waals surface area contributed by atoms with Crippen LogP contribution in [0, 0.1) is 12.3 Å². The SMILES string of the molecule is Cc1ccc(SCCC(=O)NCC2(C(=O)O)CCC2)cc1. The first-order chi connectivity index (χ1) is 10.0. The molecule has 0 saturated heterocycles. The third-order valence-electron chi connectivity index (χ3n) is 4.01. The van der Waals surface area contributed by atoms with Gasteiger partial charge in [-0.3, -0.25) is 9.59 Å². The predicted octanol–water partition coefficient (Wildman–Crippen LogP) is 2.85. The van der Waals surface area contributed by atoms with Crippen molar-refractivity contribution in [1.29, 1.82) is 0 Å². The molecule has 1 amide bonds. The summed E-state index contributed by atoms with van der Waals surface area (Å²) in [6, 6.07) is 8.20. The summed E-state index contributed by atoms with van der Waals surface area (Å²) < 4.78 is 0. The lowest BCUT2D eigenvalue weighted by molar-refractivity contribution is -0.154. The number of aliphatic carboxylic acids is 1. The van der Waals surface area contributed by atoms with Crippen LogP contribution in [0.15, 0.2) is 29.2 Å². The smallest absolute Gasteiger partial charge is 0.311 e. The van der Waals surface area contributed by atoms with Crippen LogP contribution in [-0.2, 0) is 9.59 Å². The summed E-state index contributed by atoms with van der Waals surface area (Å²) >= 11 is 1.64. The Labute approximate surface area is 129 Å². The fourth-order valence-electron chi connectivity index (χ4n) is 2.32. The Morgan fingerprint density at radius 2 is 1.95 bits per heavy atom. The molecule has 114 valence electrons. The monoisotopic (exact) mass is 307 g/mol. The Kier molecular flexibility index (Phi) is 5.28. The lowest BCUT2D eigenvalue weighted by atomic mass is 9.69. The van der Waals surface area contributed by atoms with E-state index >= 15 is 0 Å². The molecule has 1 aromatic carbocycles. The van der Waals surface area contributed by atoms with E-state index in [1.54, 1.807) is 11.8 Å². The summed E-state index contributed by atoms with van der Waals surface area (Å²) in [5, 5.41) is 12.0. The highest BCUT2D eigenvalue weighted by Gasteiger charge is 2.44. The zero-order valence-electron chi connectivity index (χ0n) is 12.2. The minimum atomic E-state index is -0.789. The second-order valence-electron chi connectivity index (χ2n) is 5.63. The van der Waals surface area contributed by atoms with Gasteiger partial charge in [0.05, 0.1) is 5.41 Å². The van der Waals surface area contributed by atoms with Crippen LogP contribution in [-0.4, -0.2) is 29.3 Å². The number of benzene rings is 1. The summed E-state index contributed by atoms with van der Waals surface area (Å²) in [6.45, 7) is 2.30. The summed E-state index contributed by atoms with van der Waals surface area (Å²) in [7, 11) is 0. The number of hydrogen-bond acceptors (Lipinski definition) is 3. The topological polar surface area (TPSA) is 66.4 Å². The van der Waals surface area contributed by atoms with E-state index < -0.39 is 11.4 Å². The zero-order chi connectivity index (χ0) is 15.3. The van der Waals surface area contributed by atoms with Gasteiger partial charge >= 0.3 is 5.97 Å². The summed E-state index contributed by atoms with van der Waals surface area (Å²) in [5.41, 5.74) is 0.510. The molecule has 1 aliphatic carbocycles. The molecule has 0 heterocycles. The van der Waals surface area contributed by atoms with Crippen LogP contribution in [0.4, 0.5) is 0 Å². The van der Waals surface area contributed by atoms with Crippen molar-refractivity contribution in [1.82, 2.24) is 5.32 Å². The van der Waals surface area contributed by atoms with Gasteiger partial charge in [-0.1, -0.05) is 24.1 Å². The zero-order valence-corrected chi connectivity index (χ0v) is 13.0. The third kappa shape index (κ3) is 4.24. The lowest BCUT2D eigenvalue weighted by Crippen LogP contribution is -2.47. The summed E-state index contributed by atoms with van der Waals surface area (Å²) in [5.74, 6) is -0.153. The van der Waals surface area contributed by atoms with Gasteiger partial charge in [-0.2, -0.15) is 0 Å². The van der Waals surface area contributed by atoms with Crippen molar-refractivity contribution in [2.45, 2.75) is 37.5 Å². The van der Waals surface area contributed by atoms with Crippen molar-refractivity contribution in [3.05, 3.63) is 29.8 Å². The molecule has 0 aliphatic heterocycles. The number of hydrogen-bond donors (Lipinski definition) is 2. The first kappa shape index (κ1) is 15.9. The normalized spacial score (nSPS) is 16.0. The number of carbonyl (C=O) groups excluding carboxylic acids is 1. The molecule has 2 rings (SSSR count). The molecule has 1 saturated carbocycles. The van der Waals surface area contributed by atoms with Crippen LogP contribution in [0.2, 0.25) is 0 Å². The minimum absolute atomic E-state index is 0.0675. The van der Waals surface area contributed by atoms with E-state index in [1.165, 1.54) is 5.56 Å². The van der Waals surface area contributed by atoms with Crippen molar-refractivity contribution in [2.24, 2.45) is 5.41 Å². The molecular formula is C16H21NO3S. The Bertz CT molecular complexity index is 509. The average molecular weight is 307 g/mol. The molecule has 0 radical (unpaired) electrons. The number of thioether (sulfide) groups is 1. The molecule has 1 fully saturated rings. The van der Waals surface area contributed by atoms with Gasteiger partial charge in [0.25, 0.3) is 0 Å². The first-order valence-electron chi connectivity index (χ1n) is 7.21. The van der Waals surface area contributed by atoms with Crippen molar-refractivity contribution < 1.29 is 14.7 Å². The van der Waals surface area contributed by atoms with Gasteiger partial charge in [0.15, 0.2) is 0 Å². The Balaban J connectivity index is 1.68. The fraction of sp³-hybridized carbons (Fsp3) is 0.500. The maximum Gasteiger partial charge on any atom is 0.311 e. The maximum atomic E-state index is 11.8. The largest absolute Gasteiger partial charge is 0.481 e. The average Bonchev–Trinajstić information content (AvgIpc) is 2.39. The van der Waals surface area contributed by atoms with Crippen LogP contribution in [0.3, 0.4) is 0 Å². The lowest BCUT2D eigenvalue weighted by Gasteiger charge is -2.37. The van der Waals surface area contributed by atoms with E-state index in [-0.39, 0.29) is 12.5 Å². The number of nitrogens with one attached hydrogen (secondary N) is 1. The van der Waals surface area contributed by atoms with E-state index in [0.29, 0.717) is 25.0 Å². The van der Waals surface area contributed by atoms with Crippen molar-refractivity contribution in [3.63, 3.8) is 0 Å². The number of carboxylic acid groups (broad SMARTS) is 1. The highest BCUT2D eigenvalue weighted by Crippen LogP contribution is 2.40. The number of carbonyl (C=O) groups is 2. The van der Waals surface area contributed by atoms with E-state index in [4.69, 9.17) is 0 Å². The molecule has 0 spiro atoms.